The summed E-state index contributed by atoms with van der Waals surface area (Å²) in [6.45, 7) is 1.44. The fraction of sp³-hybridized carbons (Fsp3) is 0.235. The molecule has 4 rings (SSSR count). The summed E-state index contributed by atoms with van der Waals surface area (Å²) in [7, 11) is 0. The lowest BCUT2D eigenvalue weighted by molar-refractivity contribution is -0.0745. The van der Waals surface area contributed by atoms with E-state index in [1.54, 1.807) is 0 Å². The van der Waals surface area contributed by atoms with Crippen LogP contribution in [0.5, 0.6) is 0 Å². The average molecular weight is 299 g/mol. The zero-order chi connectivity index (χ0) is 14.4. The molecule has 0 radical (unpaired) electrons. The minimum Gasteiger partial charge on any atom is -0.366 e. The average Bonchev–Trinajstić information content (AvgIpc) is 2.98. The van der Waals surface area contributed by atoms with Crippen molar-refractivity contribution in [1.29, 1.82) is 0 Å². The first-order chi connectivity index (χ1) is 10.2. The normalized spacial score (nSPS) is 23.5. The van der Waals surface area contributed by atoms with Crippen molar-refractivity contribution in [2.75, 3.05) is 13.1 Å². The van der Waals surface area contributed by atoms with Gasteiger partial charge in [0.25, 0.3) is 0 Å². The minimum absolute atomic E-state index is 0.544. The molecule has 2 aromatic rings. The van der Waals surface area contributed by atoms with Crippen LogP contribution in [0.3, 0.4) is 0 Å². The Morgan fingerprint density at radius 2 is 2.00 bits per heavy atom. The zero-order valence-corrected chi connectivity index (χ0v) is 12.2. The molecule has 1 N–H and O–H groups in total. The summed E-state index contributed by atoms with van der Waals surface area (Å²) < 4.78 is 0. The standard InChI is InChI=1S/C17H15ClN2O/c18-14-6-3-5-13(10-14)17(21)11-12-4-1-2-7-15(12)16-19-8-9-20(16)17/h1-7,10,21H,8-9,11H2/t17-/m1/s1. The number of aliphatic hydroxyl groups is 1. The zero-order valence-electron chi connectivity index (χ0n) is 11.5. The van der Waals surface area contributed by atoms with Crippen molar-refractivity contribution in [2.24, 2.45) is 4.99 Å². The molecule has 0 aliphatic carbocycles. The summed E-state index contributed by atoms with van der Waals surface area (Å²) in [6.07, 6.45) is 0.544. The second kappa shape index (κ2) is 4.58. The van der Waals surface area contributed by atoms with E-state index in [-0.39, 0.29) is 0 Å². The van der Waals surface area contributed by atoms with E-state index in [4.69, 9.17) is 11.6 Å². The van der Waals surface area contributed by atoms with E-state index in [1.165, 1.54) is 0 Å². The monoisotopic (exact) mass is 298 g/mol. The van der Waals surface area contributed by atoms with Gasteiger partial charge in [0.15, 0.2) is 5.72 Å². The first-order valence-electron chi connectivity index (χ1n) is 7.07. The Hall–Kier alpha value is -1.84. The number of halogens is 1. The second-order valence-electron chi connectivity index (χ2n) is 5.52. The SMILES string of the molecule is O[C@@]1(c2cccc(Cl)c2)Cc2ccccc2C2=NCCN21. The molecule has 0 aromatic heterocycles. The Morgan fingerprint density at radius 3 is 2.86 bits per heavy atom. The number of nitrogens with zero attached hydrogens (tertiary/aromatic N) is 2. The Balaban J connectivity index is 1.90. The van der Waals surface area contributed by atoms with Crippen molar-refractivity contribution in [3.63, 3.8) is 0 Å². The summed E-state index contributed by atoms with van der Waals surface area (Å²) in [6, 6.07) is 15.6. The molecule has 2 aromatic carbocycles. The van der Waals surface area contributed by atoms with Gasteiger partial charge in [-0.15, -0.1) is 0 Å². The highest BCUT2D eigenvalue weighted by molar-refractivity contribution is 6.30. The number of hydrogen-bond donors (Lipinski definition) is 1. The van der Waals surface area contributed by atoms with Gasteiger partial charge in [-0.25, -0.2) is 0 Å². The van der Waals surface area contributed by atoms with Gasteiger partial charge in [0.1, 0.15) is 5.84 Å². The maximum Gasteiger partial charge on any atom is 0.169 e. The van der Waals surface area contributed by atoms with Gasteiger partial charge in [-0.2, -0.15) is 0 Å². The molecule has 0 unspecified atom stereocenters. The quantitative estimate of drug-likeness (QED) is 0.879. The highest BCUT2D eigenvalue weighted by atomic mass is 35.5. The summed E-state index contributed by atoms with van der Waals surface area (Å²) in [5.74, 6) is 0.888. The fourth-order valence-corrected chi connectivity index (χ4v) is 3.48. The summed E-state index contributed by atoms with van der Waals surface area (Å²) in [5.41, 5.74) is 1.99. The number of hydrogen-bond acceptors (Lipinski definition) is 3. The molecule has 3 nitrogen and oxygen atoms in total. The molecule has 0 fully saturated rings. The molecule has 0 saturated heterocycles. The Morgan fingerprint density at radius 1 is 1.14 bits per heavy atom. The van der Waals surface area contributed by atoms with E-state index in [0.717, 1.165) is 29.1 Å². The molecule has 0 bridgehead atoms. The van der Waals surface area contributed by atoms with Crippen LogP contribution in [-0.2, 0) is 12.1 Å². The first kappa shape index (κ1) is 12.9. The van der Waals surface area contributed by atoms with Crippen LogP contribution in [0, 0.1) is 0 Å². The number of fused-ring (bicyclic) bond motifs is 3. The van der Waals surface area contributed by atoms with Gasteiger partial charge in [-0.3, -0.25) is 4.99 Å². The molecule has 2 aliphatic heterocycles. The van der Waals surface area contributed by atoms with Crippen LogP contribution < -0.4 is 0 Å². The molecular formula is C17H15ClN2O. The number of rotatable bonds is 1. The van der Waals surface area contributed by atoms with Crippen molar-refractivity contribution in [3.05, 3.63) is 70.2 Å². The van der Waals surface area contributed by atoms with Gasteiger partial charge in [-0.05, 0) is 17.7 Å². The predicted molar refractivity (Wildman–Crippen MR) is 83.6 cm³/mol. The molecule has 106 valence electrons. The lowest BCUT2D eigenvalue weighted by Gasteiger charge is -2.43. The molecule has 0 saturated carbocycles. The molecule has 0 amide bonds. The van der Waals surface area contributed by atoms with Gasteiger partial charge in [0, 0.05) is 29.1 Å². The van der Waals surface area contributed by atoms with E-state index in [1.807, 2.05) is 41.3 Å². The molecule has 4 heteroatoms. The molecule has 0 spiro atoms. The van der Waals surface area contributed by atoms with E-state index >= 15 is 0 Å². The van der Waals surface area contributed by atoms with E-state index < -0.39 is 5.72 Å². The van der Waals surface area contributed by atoms with Crippen LogP contribution in [-0.4, -0.2) is 28.9 Å². The predicted octanol–water partition coefficient (Wildman–Crippen LogP) is 2.80. The van der Waals surface area contributed by atoms with Gasteiger partial charge >= 0.3 is 0 Å². The Labute approximate surface area is 128 Å². The van der Waals surface area contributed by atoms with E-state index in [9.17, 15) is 5.11 Å². The Kier molecular flexibility index (Phi) is 2.81. The van der Waals surface area contributed by atoms with Gasteiger partial charge in [-0.1, -0.05) is 48.0 Å². The molecular weight excluding hydrogens is 284 g/mol. The number of amidine groups is 1. The van der Waals surface area contributed by atoms with Crippen LogP contribution in [0.25, 0.3) is 0 Å². The third-order valence-corrected chi connectivity index (χ3v) is 4.50. The molecule has 21 heavy (non-hydrogen) atoms. The molecule has 2 aliphatic rings. The van der Waals surface area contributed by atoms with Crippen molar-refractivity contribution in [1.82, 2.24) is 4.90 Å². The number of aliphatic imine (C=N–C) groups is 1. The summed E-state index contributed by atoms with van der Waals surface area (Å²) in [5, 5.41) is 12.0. The fourth-order valence-electron chi connectivity index (χ4n) is 3.29. The van der Waals surface area contributed by atoms with Crippen molar-refractivity contribution in [2.45, 2.75) is 12.1 Å². The van der Waals surface area contributed by atoms with Gasteiger partial charge < -0.3 is 10.0 Å². The van der Waals surface area contributed by atoms with Gasteiger partial charge in [0.05, 0.1) is 6.54 Å². The first-order valence-corrected chi connectivity index (χ1v) is 7.45. The van der Waals surface area contributed by atoms with Gasteiger partial charge in [0.2, 0.25) is 0 Å². The maximum atomic E-state index is 11.4. The molecule has 2 heterocycles. The summed E-state index contributed by atoms with van der Waals surface area (Å²) in [4.78, 5) is 6.59. The van der Waals surface area contributed by atoms with Crippen LogP contribution in [0.2, 0.25) is 5.02 Å². The third kappa shape index (κ3) is 1.88. The lowest BCUT2D eigenvalue weighted by Crippen LogP contribution is -2.53. The van der Waals surface area contributed by atoms with E-state index in [2.05, 4.69) is 17.1 Å². The van der Waals surface area contributed by atoms with Crippen LogP contribution in [0.1, 0.15) is 16.7 Å². The van der Waals surface area contributed by atoms with Crippen LogP contribution >= 0.6 is 11.6 Å². The van der Waals surface area contributed by atoms with E-state index in [0.29, 0.717) is 18.0 Å². The molecule has 1 atom stereocenters. The van der Waals surface area contributed by atoms with Crippen LogP contribution in [0.4, 0.5) is 0 Å². The maximum absolute atomic E-state index is 11.4. The third-order valence-electron chi connectivity index (χ3n) is 4.27. The summed E-state index contributed by atoms with van der Waals surface area (Å²) >= 11 is 6.11. The van der Waals surface area contributed by atoms with Crippen molar-refractivity contribution in [3.8, 4) is 0 Å². The lowest BCUT2D eigenvalue weighted by atomic mass is 9.86. The highest BCUT2D eigenvalue weighted by Crippen LogP contribution is 2.39. The van der Waals surface area contributed by atoms with Crippen molar-refractivity contribution < 1.29 is 5.11 Å². The minimum atomic E-state index is -1.07. The Bertz CT molecular complexity index is 743. The van der Waals surface area contributed by atoms with Crippen LogP contribution in [0.15, 0.2) is 53.5 Å². The topological polar surface area (TPSA) is 35.8 Å². The smallest absolute Gasteiger partial charge is 0.169 e. The van der Waals surface area contributed by atoms with Crippen molar-refractivity contribution >= 4 is 17.4 Å². The largest absolute Gasteiger partial charge is 0.366 e. The highest BCUT2D eigenvalue weighted by Gasteiger charge is 2.44. The number of benzene rings is 2. The second-order valence-corrected chi connectivity index (χ2v) is 5.95.